The Morgan fingerprint density at radius 2 is 1.86 bits per heavy atom. The molecule has 3 aliphatic rings. The molecule has 1 aliphatic carbocycles. The van der Waals surface area contributed by atoms with E-state index in [1.165, 1.54) is 0 Å². The second-order valence-electron chi connectivity index (χ2n) is 7.39. The lowest BCUT2D eigenvalue weighted by Gasteiger charge is -2.37. The molecule has 28 heavy (non-hydrogen) atoms. The van der Waals surface area contributed by atoms with Crippen molar-refractivity contribution in [1.29, 1.82) is 0 Å². The summed E-state index contributed by atoms with van der Waals surface area (Å²) >= 11 is 0. The van der Waals surface area contributed by atoms with E-state index in [2.05, 4.69) is 4.99 Å². The van der Waals surface area contributed by atoms with Crippen LogP contribution in [-0.2, 0) is 20.9 Å². The van der Waals surface area contributed by atoms with Crippen molar-refractivity contribution >= 4 is 17.5 Å². The molecule has 2 bridgehead atoms. The van der Waals surface area contributed by atoms with Crippen molar-refractivity contribution in [2.24, 2.45) is 4.99 Å². The third-order valence-electron chi connectivity index (χ3n) is 5.88. The predicted octanol–water partition coefficient (Wildman–Crippen LogP) is 3.60. The van der Waals surface area contributed by atoms with Crippen LogP contribution in [0, 0.1) is 0 Å². The van der Waals surface area contributed by atoms with Crippen LogP contribution >= 0.6 is 0 Å². The highest BCUT2D eigenvalue weighted by molar-refractivity contribution is 6.26. The van der Waals surface area contributed by atoms with Gasteiger partial charge < -0.3 is 9.47 Å². The molecule has 0 N–H and O–H groups in total. The highest BCUT2D eigenvalue weighted by Crippen LogP contribution is 2.54. The Kier molecular flexibility index (Phi) is 3.64. The van der Waals surface area contributed by atoms with Gasteiger partial charge in [-0.15, -0.1) is 0 Å². The van der Waals surface area contributed by atoms with E-state index < -0.39 is 17.8 Å². The molecule has 0 saturated carbocycles. The Morgan fingerprint density at radius 3 is 2.64 bits per heavy atom. The third kappa shape index (κ3) is 2.14. The fourth-order valence-electron chi connectivity index (χ4n) is 4.57. The first-order chi connectivity index (χ1) is 13.5. The zero-order chi connectivity index (χ0) is 19.5. The van der Waals surface area contributed by atoms with Crippen molar-refractivity contribution in [1.82, 2.24) is 0 Å². The molecule has 3 atom stereocenters. The lowest BCUT2D eigenvalue weighted by atomic mass is 9.67. The molecule has 1 spiro atoms. The van der Waals surface area contributed by atoms with Crippen LogP contribution in [0.15, 0.2) is 70.7 Å². The number of dihydropyridines is 1. The molecule has 0 radical (unpaired) electrons. The van der Waals surface area contributed by atoms with Crippen LogP contribution < -0.4 is 0 Å². The van der Waals surface area contributed by atoms with E-state index in [0.717, 1.165) is 11.1 Å². The largest absolute Gasteiger partial charge is 0.457 e. The molecular weight excluding hydrogens is 354 g/mol. The second-order valence-corrected chi connectivity index (χ2v) is 7.39. The number of ether oxygens (including phenoxy) is 2. The zero-order valence-electron chi connectivity index (χ0n) is 15.6. The SMILES string of the molecule is CC1=N[C@H]2O[C@@]13C(=O)c1ccccc1C(C)C3=C2C(=O)OCc1ccccc1. The van der Waals surface area contributed by atoms with Crippen LogP contribution in [0.4, 0.5) is 0 Å². The van der Waals surface area contributed by atoms with Gasteiger partial charge in [-0.25, -0.2) is 4.79 Å². The van der Waals surface area contributed by atoms with Crippen molar-refractivity contribution in [3.8, 4) is 0 Å². The minimum absolute atomic E-state index is 0.136. The van der Waals surface area contributed by atoms with E-state index in [1.807, 2.05) is 61.5 Å². The molecule has 1 unspecified atom stereocenters. The maximum atomic E-state index is 13.4. The Balaban J connectivity index is 1.57. The fourth-order valence-corrected chi connectivity index (χ4v) is 4.57. The second kappa shape index (κ2) is 5.97. The molecule has 0 fully saturated rings. The van der Waals surface area contributed by atoms with Gasteiger partial charge in [-0.05, 0) is 23.6 Å². The molecular formula is C23H19NO4. The van der Waals surface area contributed by atoms with E-state index in [0.29, 0.717) is 22.4 Å². The summed E-state index contributed by atoms with van der Waals surface area (Å²) in [4.78, 5) is 30.8. The van der Waals surface area contributed by atoms with Crippen molar-refractivity contribution in [3.63, 3.8) is 0 Å². The van der Waals surface area contributed by atoms with Crippen LogP contribution in [-0.4, -0.2) is 29.3 Å². The predicted molar refractivity (Wildman–Crippen MR) is 103 cm³/mol. The number of benzene rings is 2. The molecule has 2 aromatic rings. The molecule has 2 aliphatic heterocycles. The van der Waals surface area contributed by atoms with Gasteiger partial charge in [0.2, 0.25) is 5.78 Å². The van der Waals surface area contributed by atoms with Gasteiger partial charge in [0.25, 0.3) is 0 Å². The molecule has 0 amide bonds. The van der Waals surface area contributed by atoms with Gasteiger partial charge in [0.15, 0.2) is 11.8 Å². The minimum Gasteiger partial charge on any atom is -0.457 e. The standard InChI is InChI=1S/C23H19NO4/c1-13-16-10-6-7-11-17(16)20(25)23-14(2)24-21(28-23)18(19(13)23)22(26)27-12-15-8-4-3-5-9-15/h3-11,13,21H,12H2,1-2H3/t13?,21-,23-/m0/s1. The molecule has 2 heterocycles. The number of carbonyl (C=O) groups is 2. The summed E-state index contributed by atoms with van der Waals surface area (Å²) in [5, 5.41) is 0. The van der Waals surface area contributed by atoms with Crippen LogP contribution in [0.5, 0.6) is 0 Å². The first kappa shape index (κ1) is 17.1. The highest BCUT2D eigenvalue weighted by atomic mass is 16.6. The van der Waals surface area contributed by atoms with E-state index >= 15 is 0 Å². The number of aliphatic imine (C=N–C) groups is 1. The molecule has 0 aromatic heterocycles. The summed E-state index contributed by atoms with van der Waals surface area (Å²) in [5.74, 6) is -0.754. The lowest BCUT2D eigenvalue weighted by molar-refractivity contribution is -0.141. The van der Waals surface area contributed by atoms with Gasteiger partial charge in [0, 0.05) is 11.5 Å². The smallest absolute Gasteiger partial charge is 0.339 e. The van der Waals surface area contributed by atoms with Crippen molar-refractivity contribution in [2.45, 2.75) is 38.2 Å². The van der Waals surface area contributed by atoms with Crippen LogP contribution in [0.3, 0.4) is 0 Å². The van der Waals surface area contributed by atoms with Crippen molar-refractivity contribution < 1.29 is 19.1 Å². The van der Waals surface area contributed by atoms with Gasteiger partial charge in [-0.2, -0.15) is 0 Å². The van der Waals surface area contributed by atoms with Crippen molar-refractivity contribution in [3.05, 3.63) is 82.4 Å². The quantitative estimate of drug-likeness (QED) is 0.771. The number of hydrogen-bond acceptors (Lipinski definition) is 5. The molecule has 0 saturated heterocycles. The summed E-state index contributed by atoms with van der Waals surface area (Å²) in [6.45, 7) is 3.96. The molecule has 2 aromatic carbocycles. The van der Waals surface area contributed by atoms with Gasteiger partial charge >= 0.3 is 5.97 Å². The van der Waals surface area contributed by atoms with Gasteiger partial charge in [0.05, 0.1) is 11.3 Å². The number of esters is 1. The normalized spacial score (nSPS) is 27.4. The first-order valence-corrected chi connectivity index (χ1v) is 9.36. The Morgan fingerprint density at radius 1 is 1.14 bits per heavy atom. The Hall–Kier alpha value is -3.05. The Bertz CT molecular complexity index is 1070. The fraction of sp³-hybridized carbons (Fsp3) is 0.261. The van der Waals surface area contributed by atoms with E-state index in [4.69, 9.17) is 9.47 Å². The highest BCUT2D eigenvalue weighted by Gasteiger charge is 2.63. The maximum Gasteiger partial charge on any atom is 0.339 e. The summed E-state index contributed by atoms with van der Waals surface area (Å²) in [5.41, 5.74) is 2.85. The number of nitrogens with zero attached hydrogens (tertiary/aromatic N) is 1. The van der Waals surface area contributed by atoms with Crippen molar-refractivity contribution in [2.75, 3.05) is 0 Å². The number of fused-ring (bicyclic) bond motifs is 2. The summed E-state index contributed by atoms with van der Waals surface area (Å²) in [6.07, 6.45) is -0.779. The topological polar surface area (TPSA) is 65.0 Å². The molecule has 5 nitrogen and oxygen atoms in total. The average Bonchev–Trinajstić information content (AvgIpc) is 3.24. The number of Topliss-reactive ketones (excluding diaryl/α,β-unsaturated/α-hetero) is 1. The van der Waals surface area contributed by atoms with Crippen LogP contribution in [0.25, 0.3) is 0 Å². The number of ketones is 1. The van der Waals surface area contributed by atoms with E-state index in [1.54, 1.807) is 6.92 Å². The van der Waals surface area contributed by atoms with E-state index in [9.17, 15) is 9.59 Å². The lowest BCUT2D eigenvalue weighted by Crippen LogP contribution is -2.50. The molecule has 140 valence electrons. The van der Waals surface area contributed by atoms with Crippen LogP contribution in [0.1, 0.15) is 41.3 Å². The van der Waals surface area contributed by atoms with Crippen LogP contribution in [0.2, 0.25) is 0 Å². The third-order valence-corrected chi connectivity index (χ3v) is 5.88. The monoisotopic (exact) mass is 373 g/mol. The van der Waals surface area contributed by atoms with Gasteiger partial charge in [-0.3, -0.25) is 9.79 Å². The summed E-state index contributed by atoms with van der Waals surface area (Å²) in [6, 6.07) is 17.0. The number of hydrogen-bond donors (Lipinski definition) is 0. The summed E-state index contributed by atoms with van der Waals surface area (Å²) < 4.78 is 11.6. The minimum atomic E-state index is -1.26. The average molecular weight is 373 g/mol. The number of rotatable bonds is 3. The zero-order valence-corrected chi connectivity index (χ0v) is 15.6. The van der Waals surface area contributed by atoms with Gasteiger partial charge in [0.1, 0.15) is 6.61 Å². The molecule has 5 rings (SSSR count). The number of carbonyl (C=O) groups excluding carboxylic acids is 2. The van der Waals surface area contributed by atoms with Gasteiger partial charge in [-0.1, -0.05) is 61.5 Å². The molecule has 5 heteroatoms. The Labute approximate surface area is 162 Å². The van der Waals surface area contributed by atoms with E-state index in [-0.39, 0.29) is 18.3 Å². The maximum absolute atomic E-state index is 13.4. The first-order valence-electron chi connectivity index (χ1n) is 9.36. The summed E-state index contributed by atoms with van der Waals surface area (Å²) in [7, 11) is 0.